The maximum absolute atomic E-state index is 12.1. The Bertz CT molecular complexity index is 875. The number of thioether (sulfide) groups is 1. The van der Waals surface area contributed by atoms with E-state index in [-0.39, 0.29) is 23.6 Å². The van der Waals surface area contributed by atoms with Crippen molar-refractivity contribution in [3.8, 4) is 11.5 Å². The molecule has 0 spiro atoms. The second-order valence-electron chi connectivity index (χ2n) is 6.91. The van der Waals surface area contributed by atoms with E-state index < -0.39 is 9.84 Å². The van der Waals surface area contributed by atoms with Crippen LogP contribution in [-0.4, -0.2) is 56.1 Å². The summed E-state index contributed by atoms with van der Waals surface area (Å²) in [5.41, 5.74) is 2.16. The van der Waals surface area contributed by atoms with Gasteiger partial charge in [-0.2, -0.15) is 0 Å². The van der Waals surface area contributed by atoms with E-state index in [9.17, 15) is 8.42 Å². The van der Waals surface area contributed by atoms with Gasteiger partial charge in [-0.15, -0.1) is 0 Å². The molecule has 3 aliphatic heterocycles. The molecule has 140 valence electrons. The van der Waals surface area contributed by atoms with Crippen molar-refractivity contribution >= 4 is 32.5 Å². The molecule has 0 amide bonds. The zero-order valence-electron chi connectivity index (χ0n) is 14.8. The minimum atomic E-state index is -3.05. The van der Waals surface area contributed by atoms with Crippen molar-refractivity contribution < 1.29 is 17.9 Å². The first kappa shape index (κ1) is 17.7. The van der Waals surface area contributed by atoms with Crippen LogP contribution >= 0.6 is 11.8 Å². The highest BCUT2D eigenvalue weighted by atomic mass is 32.2. The van der Waals surface area contributed by atoms with E-state index >= 15 is 0 Å². The molecule has 3 heterocycles. The van der Waals surface area contributed by atoms with Gasteiger partial charge in [-0.1, -0.05) is 23.4 Å². The number of hydrogen-bond donors (Lipinski definition) is 0. The lowest BCUT2D eigenvalue weighted by atomic mass is 10.1. The predicted octanol–water partition coefficient (Wildman–Crippen LogP) is 2.50. The average molecular weight is 395 g/mol. The molecule has 1 saturated heterocycles. The second kappa shape index (κ2) is 6.81. The molecular formula is C18H22N2O4S2. The van der Waals surface area contributed by atoms with E-state index in [1.165, 1.54) is 5.57 Å². The average Bonchev–Trinajstić information content (AvgIpc) is 3.05. The third kappa shape index (κ3) is 3.44. The Labute approximate surface area is 158 Å². The summed E-state index contributed by atoms with van der Waals surface area (Å²) in [7, 11) is -3.05. The van der Waals surface area contributed by atoms with Crippen LogP contribution in [0.5, 0.6) is 11.5 Å². The van der Waals surface area contributed by atoms with Crippen LogP contribution in [0, 0.1) is 0 Å². The largest absolute Gasteiger partial charge is 0.486 e. The Morgan fingerprint density at radius 2 is 2.04 bits per heavy atom. The fourth-order valence-corrected chi connectivity index (χ4v) is 6.40. The van der Waals surface area contributed by atoms with Gasteiger partial charge < -0.3 is 14.4 Å². The van der Waals surface area contributed by atoms with Gasteiger partial charge in [-0.05, 0) is 26.0 Å². The number of nitrogens with zero attached hydrogens (tertiary/aromatic N) is 2. The Balaban J connectivity index is 1.66. The molecule has 4 rings (SSSR count). The van der Waals surface area contributed by atoms with Crippen LogP contribution < -0.4 is 14.4 Å². The standard InChI is InChI=1S/C18H22N2O4S2/c1-12(2)5-8-25-18-19-14-10-26(21,22)11-15(14)20(18)13-3-4-16-17(9-13)24-7-6-23-16/h3-5,9,14-15H,6-8,10-11H2,1-2H3/t14-,15+/m1/s1. The van der Waals surface area contributed by atoms with Crippen molar-refractivity contribution in [1.29, 1.82) is 0 Å². The molecule has 6 nitrogen and oxygen atoms in total. The van der Waals surface area contributed by atoms with Gasteiger partial charge in [0, 0.05) is 17.5 Å². The number of benzene rings is 1. The highest BCUT2D eigenvalue weighted by molar-refractivity contribution is 8.14. The number of hydrogen-bond acceptors (Lipinski definition) is 7. The first-order chi connectivity index (χ1) is 12.4. The molecule has 26 heavy (non-hydrogen) atoms. The van der Waals surface area contributed by atoms with Gasteiger partial charge >= 0.3 is 0 Å². The minimum Gasteiger partial charge on any atom is -0.486 e. The Hall–Kier alpha value is -1.67. The number of ether oxygens (including phenoxy) is 2. The first-order valence-corrected chi connectivity index (χ1v) is 11.5. The smallest absolute Gasteiger partial charge is 0.164 e. The molecule has 1 fully saturated rings. The molecule has 0 aliphatic carbocycles. The van der Waals surface area contributed by atoms with Crippen LogP contribution in [0.3, 0.4) is 0 Å². The van der Waals surface area contributed by atoms with Crippen molar-refractivity contribution in [3.63, 3.8) is 0 Å². The lowest BCUT2D eigenvalue weighted by molar-refractivity contribution is 0.171. The van der Waals surface area contributed by atoms with Crippen LogP contribution in [-0.2, 0) is 9.84 Å². The summed E-state index contributed by atoms with van der Waals surface area (Å²) in [6, 6.07) is 5.44. The summed E-state index contributed by atoms with van der Waals surface area (Å²) in [4.78, 5) is 6.80. The maximum Gasteiger partial charge on any atom is 0.164 e. The maximum atomic E-state index is 12.1. The number of sulfone groups is 1. The molecule has 0 radical (unpaired) electrons. The lowest BCUT2D eigenvalue weighted by Gasteiger charge is -2.28. The van der Waals surface area contributed by atoms with E-state index in [1.54, 1.807) is 11.8 Å². The van der Waals surface area contributed by atoms with E-state index in [1.807, 2.05) is 18.2 Å². The van der Waals surface area contributed by atoms with Crippen LogP contribution in [0.2, 0.25) is 0 Å². The fourth-order valence-electron chi connectivity index (χ4n) is 3.40. The molecule has 3 aliphatic rings. The second-order valence-corrected chi connectivity index (χ2v) is 10.1. The third-order valence-electron chi connectivity index (χ3n) is 4.62. The van der Waals surface area contributed by atoms with Gasteiger partial charge in [0.1, 0.15) is 13.2 Å². The molecule has 0 saturated carbocycles. The summed E-state index contributed by atoms with van der Waals surface area (Å²) in [6.45, 7) is 5.20. The monoisotopic (exact) mass is 394 g/mol. The number of allylic oxidation sites excluding steroid dienone is 1. The zero-order chi connectivity index (χ0) is 18.3. The highest BCUT2D eigenvalue weighted by Crippen LogP contribution is 2.39. The van der Waals surface area contributed by atoms with Crippen molar-refractivity contribution in [2.24, 2.45) is 4.99 Å². The van der Waals surface area contributed by atoms with Gasteiger partial charge in [0.15, 0.2) is 26.5 Å². The molecule has 1 aromatic carbocycles. The van der Waals surface area contributed by atoms with Gasteiger partial charge in [0.05, 0.1) is 23.6 Å². The van der Waals surface area contributed by atoms with Crippen LogP contribution in [0.15, 0.2) is 34.8 Å². The number of amidine groups is 1. The van der Waals surface area contributed by atoms with Crippen LogP contribution in [0.25, 0.3) is 0 Å². The number of rotatable bonds is 3. The molecule has 0 aromatic heterocycles. The normalized spacial score (nSPS) is 25.6. The molecule has 0 unspecified atom stereocenters. The topological polar surface area (TPSA) is 68.2 Å². The highest BCUT2D eigenvalue weighted by Gasteiger charge is 2.47. The molecule has 1 aromatic rings. The summed E-state index contributed by atoms with van der Waals surface area (Å²) < 4.78 is 35.5. The Morgan fingerprint density at radius 3 is 2.81 bits per heavy atom. The SMILES string of the molecule is CC(C)=CCSC1=N[C@@H]2CS(=O)(=O)C[C@@H]2N1c1ccc2c(c1)OCCO2. The lowest BCUT2D eigenvalue weighted by Crippen LogP contribution is -2.39. The van der Waals surface area contributed by atoms with Gasteiger partial charge in [-0.25, -0.2) is 8.42 Å². The molecule has 0 N–H and O–H groups in total. The quantitative estimate of drug-likeness (QED) is 0.734. The summed E-state index contributed by atoms with van der Waals surface area (Å²) >= 11 is 1.64. The van der Waals surface area contributed by atoms with E-state index in [2.05, 4.69) is 24.8 Å². The summed E-state index contributed by atoms with van der Waals surface area (Å²) in [5.74, 6) is 2.51. The van der Waals surface area contributed by atoms with E-state index in [4.69, 9.17) is 14.5 Å². The Morgan fingerprint density at radius 1 is 1.27 bits per heavy atom. The number of aliphatic imine (C=N–C) groups is 1. The molecule has 0 bridgehead atoms. The Kier molecular flexibility index (Phi) is 4.64. The third-order valence-corrected chi connectivity index (χ3v) is 7.21. The van der Waals surface area contributed by atoms with Gasteiger partial charge in [0.2, 0.25) is 0 Å². The van der Waals surface area contributed by atoms with Crippen LogP contribution in [0.4, 0.5) is 5.69 Å². The molecule has 2 atom stereocenters. The van der Waals surface area contributed by atoms with Gasteiger partial charge in [-0.3, -0.25) is 4.99 Å². The molecule has 8 heteroatoms. The van der Waals surface area contributed by atoms with Crippen molar-refractivity contribution in [2.75, 3.05) is 35.4 Å². The summed E-state index contributed by atoms with van der Waals surface area (Å²) in [5, 5.41) is 0.879. The minimum absolute atomic E-state index is 0.130. The zero-order valence-corrected chi connectivity index (χ0v) is 16.5. The summed E-state index contributed by atoms with van der Waals surface area (Å²) in [6.07, 6.45) is 2.15. The van der Waals surface area contributed by atoms with E-state index in [0.717, 1.165) is 22.4 Å². The van der Waals surface area contributed by atoms with Crippen LogP contribution in [0.1, 0.15) is 13.8 Å². The predicted molar refractivity (Wildman–Crippen MR) is 105 cm³/mol. The molecular weight excluding hydrogens is 372 g/mol. The fraction of sp³-hybridized carbons (Fsp3) is 0.500. The van der Waals surface area contributed by atoms with Crippen molar-refractivity contribution in [2.45, 2.75) is 25.9 Å². The van der Waals surface area contributed by atoms with Gasteiger partial charge in [0.25, 0.3) is 0 Å². The van der Waals surface area contributed by atoms with E-state index in [0.29, 0.717) is 19.0 Å². The number of fused-ring (bicyclic) bond motifs is 2. The number of anilines is 1. The van der Waals surface area contributed by atoms with Crippen molar-refractivity contribution in [1.82, 2.24) is 0 Å². The first-order valence-electron chi connectivity index (χ1n) is 8.66. The van der Waals surface area contributed by atoms with Crippen molar-refractivity contribution in [3.05, 3.63) is 29.8 Å².